The molecule has 132 valence electrons. The largest absolute Gasteiger partial charge is 0.375 e. The van der Waals surface area contributed by atoms with E-state index in [1.54, 1.807) is 34.4 Å². The zero-order valence-electron chi connectivity index (χ0n) is 14.2. The number of benzene rings is 1. The van der Waals surface area contributed by atoms with Gasteiger partial charge in [-0.3, -0.25) is 9.59 Å². The lowest BCUT2D eigenvalue weighted by Gasteiger charge is -2.31. The Morgan fingerprint density at radius 1 is 1.32 bits per heavy atom. The number of morpholine rings is 1. The molecule has 0 spiro atoms. The summed E-state index contributed by atoms with van der Waals surface area (Å²) in [6.45, 7) is 3.71. The standard InChI is InChI=1S/C19H22N2O3S/c1-14-13-21(9-10-24-14)19(23)15-4-2-5-16(12-15)20-18(22)8-7-17-6-3-11-25-17/h2-6,11-12,14H,7-10,13H2,1H3,(H,20,22). The Labute approximate surface area is 151 Å². The van der Waals surface area contributed by atoms with Crippen molar-refractivity contribution in [3.8, 4) is 0 Å². The predicted octanol–water partition coefficient (Wildman–Crippen LogP) is 3.18. The third kappa shape index (κ3) is 4.90. The summed E-state index contributed by atoms with van der Waals surface area (Å²) >= 11 is 1.65. The van der Waals surface area contributed by atoms with Gasteiger partial charge in [-0.05, 0) is 43.0 Å². The van der Waals surface area contributed by atoms with Crippen LogP contribution < -0.4 is 5.32 Å². The molecule has 2 heterocycles. The highest BCUT2D eigenvalue weighted by Crippen LogP contribution is 2.16. The topological polar surface area (TPSA) is 58.6 Å². The SMILES string of the molecule is CC1CN(C(=O)c2cccc(NC(=O)CCc3cccs3)c2)CCO1. The van der Waals surface area contributed by atoms with Gasteiger partial charge in [0.15, 0.2) is 0 Å². The highest BCUT2D eigenvalue weighted by Gasteiger charge is 2.22. The molecule has 1 saturated heterocycles. The van der Waals surface area contributed by atoms with Crippen LogP contribution in [0.2, 0.25) is 0 Å². The first-order valence-electron chi connectivity index (χ1n) is 8.45. The summed E-state index contributed by atoms with van der Waals surface area (Å²) in [6, 6.07) is 11.1. The van der Waals surface area contributed by atoms with Crippen molar-refractivity contribution in [3.05, 3.63) is 52.2 Å². The molecule has 1 N–H and O–H groups in total. The minimum atomic E-state index is -0.0435. The quantitative estimate of drug-likeness (QED) is 0.893. The van der Waals surface area contributed by atoms with Crippen LogP contribution in [0, 0.1) is 0 Å². The van der Waals surface area contributed by atoms with E-state index in [-0.39, 0.29) is 17.9 Å². The van der Waals surface area contributed by atoms with Crippen LogP contribution >= 0.6 is 11.3 Å². The molecule has 1 aromatic carbocycles. The molecule has 1 aliphatic rings. The van der Waals surface area contributed by atoms with E-state index in [1.807, 2.05) is 30.5 Å². The van der Waals surface area contributed by atoms with Crippen molar-refractivity contribution in [3.63, 3.8) is 0 Å². The van der Waals surface area contributed by atoms with Crippen LogP contribution in [-0.2, 0) is 16.0 Å². The average Bonchev–Trinajstić information content (AvgIpc) is 3.13. The molecule has 2 amide bonds. The summed E-state index contributed by atoms with van der Waals surface area (Å²) in [6.07, 6.45) is 1.21. The number of rotatable bonds is 5. The van der Waals surface area contributed by atoms with Gasteiger partial charge in [0.2, 0.25) is 5.91 Å². The molecule has 2 aromatic rings. The van der Waals surface area contributed by atoms with E-state index in [0.717, 1.165) is 6.42 Å². The fraction of sp³-hybridized carbons (Fsp3) is 0.368. The van der Waals surface area contributed by atoms with E-state index in [1.165, 1.54) is 4.88 Å². The second-order valence-corrected chi connectivity index (χ2v) is 7.17. The third-order valence-corrected chi connectivity index (χ3v) is 5.04. The molecule has 0 bridgehead atoms. The second kappa shape index (κ2) is 8.27. The molecule has 0 saturated carbocycles. The molecule has 5 nitrogen and oxygen atoms in total. The van der Waals surface area contributed by atoms with Gasteiger partial charge in [-0.2, -0.15) is 0 Å². The van der Waals surface area contributed by atoms with Crippen LogP contribution in [0.5, 0.6) is 0 Å². The first-order valence-corrected chi connectivity index (χ1v) is 9.33. The number of hydrogen-bond acceptors (Lipinski definition) is 4. The Hall–Kier alpha value is -2.18. The molecular formula is C19H22N2O3S. The molecule has 1 fully saturated rings. The van der Waals surface area contributed by atoms with Crippen molar-refractivity contribution in [1.29, 1.82) is 0 Å². The summed E-state index contributed by atoms with van der Waals surface area (Å²) in [7, 11) is 0. The number of nitrogens with one attached hydrogen (secondary N) is 1. The van der Waals surface area contributed by atoms with Crippen LogP contribution in [0.25, 0.3) is 0 Å². The highest BCUT2D eigenvalue weighted by molar-refractivity contribution is 7.09. The number of thiophene rings is 1. The van der Waals surface area contributed by atoms with E-state index in [0.29, 0.717) is 37.4 Å². The molecule has 1 atom stereocenters. The van der Waals surface area contributed by atoms with Crippen LogP contribution in [0.15, 0.2) is 41.8 Å². The molecule has 1 unspecified atom stereocenters. The molecule has 6 heteroatoms. The number of hydrogen-bond donors (Lipinski definition) is 1. The molecule has 0 radical (unpaired) electrons. The van der Waals surface area contributed by atoms with E-state index < -0.39 is 0 Å². The number of carbonyl (C=O) groups is 2. The summed E-state index contributed by atoms with van der Waals surface area (Å²) < 4.78 is 5.48. The predicted molar refractivity (Wildman–Crippen MR) is 99.0 cm³/mol. The first kappa shape index (κ1) is 17.6. The summed E-state index contributed by atoms with van der Waals surface area (Å²) in [5.74, 6) is -0.0668. The van der Waals surface area contributed by atoms with Crippen LogP contribution in [0.4, 0.5) is 5.69 Å². The van der Waals surface area contributed by atoms with Crippen molar-refractivity contribution in [2.24, 2.45) is 0 Å². The van der Waals surface area contributed by atoms with Crippen LogP contribution in [-0.4, -0.2) is 42.5 Å². The fourth-order valence-electron chi connectivity index (χ4n) is 2.83. The van der Waals surface area contributed by atoms with Crippen molar-refractivity contribution in [1.82, 2.24) is 4.90 Å². The molecular weight excluding hydrogens is 336 g/mol. The van der Waals surface area contributed by atoms with Crippen LogP contribution in [0.1, 0.15) is 28.6 Å². The maximum Gasteiger partial charge on any atom is 0.254 e. The molecule has 1 aliphatic heterocycles. The van der Waals surface area contributed by atoms with Gasteiger partial charge >= 0.3 is 0 Å². The molecule has 1 aromatic heterocycles. The minimum absolute atomic E-state index is 0.0233. The fourth-order valence-corrected chi connectivity index (χ4v) is 3.54. The van der Waals surface area contributed by atoms with Gasteiger partial charge in [0.1, 0.15) is 0 Å². The zero-order chi connectivity index (χ0) is 17.6. The normalized spacial score (nSPS) is 17.3. The Balaban J connectivity index is 1.58. The van der Waals surface area contributed by atoms with Crippen molar-refractivity contribution in [2.75, 3.05) is 25.0 Å². The molecule has 25 heavy (non-hydrogen) atoms. The number of nitrogens with zero attached hydrogens (tertiary/aromatic N) is 1. The molecule has 0 aliphatic carbocycles. The monoisotopic (exact) mass is 358 g/mol. The number of amides is 2. The van der Waals surface area contributed by atoms with Gasteiger partial charge in [-0.25, -0.2) is 0 Å². The highest BCUT2D eigenvalue weighted by atomic mass is 32.1. The third-order valence-electron chi connectivity index (χ3n) is 4.10. The van der Waals surface area contributed by atoms with E-state index in [2.05, 4.69) is 5.32 Å². The second-order valence-electron chi connectivity index (χ2n) is 6.14. The Kier molecular flexibility index (Phi) is 5.83. The average molecular weight is 358 g/mol. The Morgan fingerprint density at radius 3 is 2.96 bits per heavy atom. The lowest BCUT2D eigenvalue weighted by atomic mass is 10.1. The maximum atomic E-state index is 12.6. The number of ether oxygens (including phenoxy) is 1. The number of aryl methyl sites for hydroxylation is 1. The van der Waals surface area contributed by atoms with E-state index >= 15 is 0 Å². The summed E-state index contributed by atoms with van der Waals surface area (Å²) in [4.78, 5) is 27.7. The zero-order valence-corrected chi connectivity index (χ0v) is 15.1. The summed E-state index contributed by atoms with van der Waals surface area (Å²) in [5.41, 5.74) is 1.24. The molecule has 3 rings (SSSR count). The van der Waals surface area contributed by atoms with E-state index in [9.17, 15) is 9.59 Å². The van der Waals surface area contributed by atoms with Gasteiger partial charge in [-0.15, -0.1) is 11.3 Å². The van der Waals surface area contributed by atoms with Crippen LogP contribution in [0.3, 0.4) is 0 Å². The summed E-state index contributed by atoms with van der Waals surface area (Å²) in [5, 5.41) is 4.89. The smallest absolute Gasteiger partial charge is 0.254 e. The van der Waals surface area contributed by atoms with Gasteiger partial charge in [-0.1, -0.05) is 12.1 Å². The van der Waals surface area contributed by atoms with E-state index in [4.69, 9.17) is 4.74 Å². The number of anilines is 1. The lowest BCUT2D eigenvalue weighted by Crippen LogP contribution is -2.44. The maximum absolute atomic E-state index is 12.6. The van der Waals surface area contributed by atoms with Gasteiger partial charge in [0.05, 0.1) is 12.7 Å². The van der Waals surface area contributed by atoms with Crippen molar-refractivity contribution >= 4 is 28.8 Å². The van der Waals surface area contributed by atoms with Gasteiger partial charge in [0, 0.05) is 35.6 Å². The number of carbonyl (C=O) groups excluding carboxylic acids is 2. The van der Waals surface area contributed by atoms with Gasteiger partial charge < -0.3 is 15.0 Å². The lowest BCUT2D eigenvalue weighted by molar-refractivity contribution is -0.116. The first-order chi connectivity index (χ1) is 12.1. The minimum Gasteiger partial charge on any atom is -0.375 e. The van der Waals surface area contributed by atoms with Crippen molar-refractivity contribution in [2.45, 2.75) is 25.9 Å². The Morgan fingerprint density at radius 2 is 2.20 bits per heavy atom. The van der Waals surface area contributed by atoms with Gasteiger partial charge in [0.25, 0.3) is 5.91 Å². The Bertz CT molecular complexity index is 730. The van der Waals surface area contributed by atoms with Crippen molar-refractivity contribution < 1.29 is 14.3 Å².